The standard InChI is InChI=1S/C26H28N4O6S/c1-34-20-12-16-13-23(19(31)7-8-24(32)35-2)37-22(16)14-21(20)36-10-4-3-9-30-18-6-5-15(25(27)33)11-17(18)29-26(30)28/h5-6,11-14H,3-4,7-10H2,1-2H3,(H2,27,33)(H2,28,29). The molecule has 0 aliphatic carbocycles. The van der Waals surface area contributed by atoms with E-state index in [-0.39, 0.29) is 18.6 Å². The van der Waals surface area contributed by atoms with Gasteiger partial charge in [-0.25, -0.2) is 4.98 Å². The minimum absolute atomic E-state index is 0.0518. The van der Waals surface area contributed by atoms with Crippen LogP contribution in [0.25, 0.3) is 21.1 Å². The number of unbranched alkanes of at least 4 members (excludes halogenated alkanes) is 1. The van der Waals surface area contributed by atoms with Crippen LogP contribution in [0.5, 0.6) is 11.5 Å². The summed E-state index contributed by atoms with van der Waals surface area (Å²) in [6, 6.07) is 10.6. The Bertz CT molecular complexity index is 1480. The maximum absolute atomic E-state index is 12.5. The molecule has 0 aliphatic rings. The summed E-state index contributed by atoms with van der Waals surface area (Å²) >= 11 is 1.36. The van der Waals surface area contributed by atoms with Crippen molar-refractivity contribution in [3.8, 4) is 11.5 Å². The van der Waals surface area contributed by atoms with Gasteiger partial charge >= 0.3 is 5.97 Å². The van der Waals surface area contributed by atoms with Crippen LogP contribution in [0.3, 0.4) is 0 Å². The van der Waals surface area contributed by atoms with Gasteiger partial charge in [-0.15, -0.1) is 11.3 Å². The number of ether oxygens (including phenoxy) is 3. The van der Waals surface area contributed by atoms with Gasteiger partial charge < -0.3 is 30.2 Å². The van der Waals surface area contributed by atoms with Crippen molar-refractivity contribution < 1.29 is 28.6 Å². The molecule has 0 saturated carbocycles. The number of hydrogen-bond acceptors (Lipinski definition) is 9. The van der Waals surface area contributed by atoms with Crippen LogP contribution >= 0.6 is 11.3 Å². The second kappa shape index (κ2) is 11.3. The summed E-state index contributed by atoms with van der Waals surface area (Å²) in [5.41, 5.74) is 13.3. The van der Waals surface area contributed by atoms with Crippen molar-refractivity contribution in [1.82, 2.24) is 9.55 Å². The summed E-state index contributed by atoms with van der Waals surface area (Å²) in [6.45, 7) is 1.09. The first-order chi connectivity index (χ1) is 17.8. The molecule has 0 fully saturated rings. The second-order valence-electron chi connectivity index (χ2n) is 8.40. The number of benzene rings is 2. The Morgan fingerprint density at radius 2 is 1.84 bits per heavy atom. The van der Waals surface area contributed by atoms with Crippen molar-refractivity contribution in [1.29, 1.82) is 0 Å². The zero-order chi connectivity index (χ0) is 26.5. The molecule has 0 saturated heterocycles. The van der Waals surface area contributed by atoms with Crippen molar-refractivity contribution in [2.45, 2.75) is 32.2 Å². The van der Waals surface area contributed by atoms with Crippen LogP contribution in [-0.2, 0) is 16.1 Å². The third-order valence-corrected chi connectivity index (χ3v) is 7.10. The monoisotopic (exact) mass is 524 g/mol. The fraction of sp³-hybridized carbons (Fsp3) is 0.308. The molecule has 37 heavy (non-hydrogen) atoms. The number of primary amides is 1. The van der Waals surface area contributed by atoms with E-state index in [0.717, 1.165) is 28.4 Å². The molecule has 4 aromatic rings. The summed E-state index contributed by atoms with van der Waals surface area (Å²) in [6.07, 6.45) is 1.69. The van der Waals surface area contributed by atoms with Crippen LogP contribution in [0, 0.1) is 0 Å². The van der Waals surface area contributed by atoms with Gasteiger partial charge in [0.2, 0.25) is 11.9 Å². The van der Waals surface area contributed by atoms with E-state index in [1.165, 1.54) is 18.4 Å². The molecular formula is C26H28N4O6S. The number of ketones is 1. The first kappa shape index (κ1) is 26.0. The molecule has 0 atom stereocenters. The van der Waals surface area contributed by atoms with Gasteiger partial charge in [-0.1, -0.05) is 0 Å². The number of amides is 1. The topological polar surface area (TPSA) is 149 Å². The molecule has 10 nitrogen and oxygen atoms in total. The second-order valence-corrected chi connectivity index (χ2v) is 9.48. The van der Waals surface area contributed by atoms with Gasteiger partial charge in [0.05, 0.1) is 43.2 Å². The highest BCUT2D eigenvalue weighted by Crippen LogP contribution is 2.37. The summed E-state index contributed by atoms with van der Waals surface area (Å²) in [5, 5.41) is 0.873. The lowest BCUT2D eigenvalue weighted by Gasteiger charge is -2.11. The van der Waals surface area contributed by atoms with Crippen molar-refractivity contribution in [3.05, 3.63) is 46.8 Å². The molecule has 11 heteroatoms. The number of imidazole rings is 1. The zero-order valence-corrected chi connectivity index (χ0v) is 21.4. The molecular weight excluding hydrogens is 496 g/mol. The number of methoxy groups -OCH3 is 2. The quantitative estimate of drug-likeness (QED) is 0.161. The van der Waals surface area contributed by atoms with Gasteiger partial charge in [0.1, 0.15) is 0 Å². The number of thiophene rings is 1. The lowest BCUT2D eigenvalue weighted by atomic mass is 10.1. The summed E-state index contributed by atoms with van der Waals surface area (Å²) in [5.74, 6) is 0.521. The third-order valence-electron chi connectivity index (χ3n) is 5.96. The largest absolute Gasteiger partial charge is 0.493 e. The molecule has 0 unspecified atom stereocenters. The van der Waals surface area contributed by atoms with E-state index in [2.05, 4.69) is 9.72 Å². The number of nitrogens with zero attached hydrogens (tertiary/aromatic N) is 2. The maximum atomic E-state index is 12.5. The van der Waals surface area contributed by atoms with Crippen molar-refractivity contribution in [2.75, 3.05) is 26.6 Å². The normalized spacial score (nSPS) is 11.1. The number of hydrogen-bond donors (Lipinski definition) is 2. The van der Waals surface area contributed by atoms with Crippen molar-refractivity contribution in [3.63, 3.8) is 0 Å². The van der Waals surface area contributed by atoms with Gasteiger partial charge in [-0.2, -0.15) is 0 Å². The van der Waals surface area contributed by atoms with E-state index in [1.54, 1.807) is 31.4 Å². The number of rotatable bonds is 12. The summed E-state index contributed by atoms with van der Waals surface area (Å²) in [7, 11) is 2.87. The Kier molecular flexibility index (Phi) is 7.92. The SMILES string of the molecule is COC(=O)CCC(=O)c1cc2cc(OC)c(OCCCCn3c(N)nc4cc(C(N)=O)ccc43)cc2s1. The van der Waals surface area contributed by atoms with Crippen LogP contribution in [0.1, 0.15) is 45.7 Å². The lowest BCUT2D eigenvalue weighted by Crippen LogP contribution is -2.10. The van der Waals surface area contributed by atoms with E-state index in [0.29, 0.717) is 46.6 Å². The van der Waals surface area contributed by atoms with Gasteiger partial charge in [0.15, 0.2) is 17.3 Å². The number of fused-ring (bicyclic) bond motifs is 2. The average Bonchev–Trinajstić information content (AvgIpc) is 3.45. The number of aryl methyl sites for hydroxylation is 1. The van der Waals surface area contributed by atoms with E-state index < -0.39 is 11.9 Å². The molecule has 0 spiro atoms. The van der Waals surface area contributed by atoms with E-state index in [4.69, 9.17) is 20.9 Å². The fourth-order valence-corrected chi connectivity index (χ4v) is 5.03. The number of nitrogen functional groups attached to an aromatic ring is 1. The van der Waals surface area contributed by atoms with E-state index >= 15 is 0 Å². The Balaban J connectivity index is 1.37. The molecule has 4 N–H and O–H groups in total. The van der Waals surface area contributed by atoms with Crippen LogP contribution in [0.2, 0.25) is 0 Å². The van der Waals surface area contributed by atoms with Crippen LogP contribution in [-0.4, -0.2) is 48.0 Å². The Hall–Kier alpha value is -4.12. The van der Waals surface area contributed by atoms with Gasteiger partial charge in [-0.05, 0) is 48.6 Å². The third kappa shape index (κ3) is 5.83. The van der Waals surface area contributed by atoms with Crippen LogP contribution < -0.4 is 20.9 Å². The minimum Gasteiger partial charge on any atom is -0.493 e. The molecule has 0 aliphatic heterocycles. The molecule has 194 valence electrons. The predicted molar refractivity (Wildman–Crippen MR) is 141 cm³/mol. The number of Topliss-reactive ketones (excluding diaryl/α,β-unsaturated/α-hetero) is 1. The molecule has 2 aromatic carbocycles. The van der Waals surface area contributed by atoms with E-state index in [1.807, 2.05) is 16.7 Å². The van der Waals surface area contributed by atoms with Gasteiger partial charge in [0.25, 0.3) is 0 Å². The van der Waals surface area contributed by atoms with Crippen LogP contribution in [0.4, 0.5) is 5.95 Å². The first-order valence-electron chi connectivity index (χ1n) is 11.7. The van der Waals surface area contributed by atoms with Crippen molar-refractivity contribution in [2.24, 2.45) is 5.73 Å². The predicted octanol–water partition coefficient (Wildman–Crippen LogP) is 3.94. The summed E-state index contributed by atoms with van der Waals surface area (Å²) in [4.78, 5) is 40.1. The summed E-state index contributed by atoms with van der Waals surface area (Å²) < 4.78 is 18.9. The highest BCUT2D eigenvalue weighted by Gasteiger charge is 2.16. The number of carbonyl (C=O) groups is 3. The molecule has 4 rings (SSSR count). The molecule has 2 heterocycles. The van der Waals surface area contributed by atoms with Crippen LogP contribution in [0.15, 0.2) is 36.4 Å². The highest BCUT2D eigenvalue weighted by molar-refractivity contribution is 7.20. The van der Waals surface area contributed by atoms with E-state index in [9.17, 15) is 14.4 Å². The number of anilines is 1. The molecule has 1 amide bonds. The number of carbonyl (C=O) groups excluding carboxylic acids is 3. The number of aromatic nitrogens is 2. The molecule has 0 radical (unpaired) electrons. The fourth-order valence-electron chi connectivity index (χ4n) is 3.99. The lowest BCUT2D eigenvalue weighted by molar-refractivity contribution is -0.140. The minimum atomic E-state index is -0.510. The molecule has 2 aromatic heterocycles. The highest BCUT2D eigenvalue weighted by atomic mass is 32.1. The Labute approximate surface area is 217 Å². The Morgan fingerprint density at radius 1 is 1.03 bits per heavy atom. The average molecular weight is 525 g/mol. The Morgan fingerprint density at radius 3 is 2.57 bits per heavy atom. The zero-order valence-electron chi connectivity index (χ0n) is 20.6. The first-order valence-corrected chi connectivity index (χ1v) is 12.5. The van der Waals surface area contributed by atoms with Gasteiger partial charge in [0, 0.05) is 29.3 Å². The van der Waals surface area contributed by atoms with Crippen molar-refractivity contribution >= 4 is 56.1 Å². The number of nitrogens with two attached hydrogens (primary N) is 2. The smallest absolute Gasteiger partial charge is 0.305 e. The van der Waals surface area contributed by atoms with Gasteiger partial charge in [-0.3, -0.25) is 14.4 Å². The number of esters is 1. The molecule has 0 bridgehead atoms. The maximum Gasteiger partial charge on any atom is 0.305 e.